The first-order valence-corrected chi connectivity index (χ1v) is 5.99. The molecule has 0 bridgehead atoms. The monoisotopic (exact) mass is 232 g/mol. The summed E-state index contributed by atoms with van der Waals surface area (Å²) in [6.07, 6.45) is 1.45. The van der Waals surface area contributed by atoms with Gasteiger partial charge in [0.05, 0.1) is 18.2 Å². The third-order valence-electron chi connectivity index (χ3n) is 3.76. The molecule has 4 heteroatoms. The fourth-order valence-electron chi connectivity index (χ4n) is 2.98. The fourth-order valence-corrected chi connectivity index (χ4v) is 2.98. The zero-order valence-corrected chi connectivity index (χ0v) is 9.54. The summed E-state index contributed by atoms with van der Waals surface area (Å²) in [5, 5.41) is 12.3. The number of carbonyl (C=O) groups excluding carboxylic acids is 1. The number of hydrogen-bond donors (Lipinski definition) is 2. The Morgan fingerprint density at radius 3 is 2.82 bits per heavy atom. The number of nitrogens with one attached hydrogen (secondary N) is 1. The van der Waals surface area contributed by atoms with E-state index < -0.39 is 0 Å². The Hall–Kier alpha value is -1.39. The van der Waals surface area contributed by atoms with E-state index in [1.165, 1.54) is 11.1 Å². The Kier molecular flexibility index (Phi) is 2.61. The molecule has 1 aromatic carbocycles. The molecule has 0 spiro atoms. The Bertz CT molecular complexity index is 429. The largest absolute Gasteiger partial charge is 0.390 e. The van der Waals surface area contributed by atoms with Gasteiger partial charge in [0.25, 0.3) is 0 Å². The van der Waals surface area contributed by atoms with Crippen molar-refractivity contribution in [3.05, 3.63) is 35.4 Å². The van der Waals surface area contributed by atoms with Gasteiger partial charge in [-0.1, -0.05) is 24.3 Å². The van der Waals surface area contributed by atoms with Crippen molar-refractivity contribution in [2.45, 2.75) is 24.6 Å². The molecule has 2 N–H and O–H groups in total. The molecule has 2 unspecified atom stereocenters. The Morgan fingerprint density at radius 1 is 1.35 bits per heavy atom. The van der Waals surface area contributed by atoms with Crippen molar-refractivity contribution in [2.75, 3.05) is 13.1 Å². The summed E-state index contributed by atoms with van der Waals surface area (Å²) < 4.78 is 0. The van der Waals surface area contributed by atoms with Crippen LogP contribution >= 0.6 is 0 Å². The highest BCUT2D eigenvalue weighted by Crippen LogP contribution is 2.37. The Labute approximate surface area is 100 Å². The van der Waals surface area contributed by atoms with E-state index in [0.29, 0.717) is 13.1 Å². The minimum Gasteiger partial charge on any atom is -0.390 e. The second-order valence-corrected chi connectivity index (χ2v) is 4.85. The number of carbonyl (C=O) groups is 1. The number of benzene rings is 1. The summed E-state index contributed by atoms with van der Waals surface area (Å²) >= 11 is 0. The summed E-state index contributed by atoms with van der Waals surface area (Å²) in [5.41, 5.74) is 2.59. The van der Waals surface area contributed by atoms with Crippen molar-refractivity contribution in [3.63, 3.8) is 0 Å². The van der Waals surface area contributed by atoms with Crippen LogP contribution in [0.15, 0.2) is 24.3 Å². The number of likely N-dealkylation sites (tertiary alicyclic amines) is 1. The van der Waals surface area contributed by atoms with Gasteiger partial charge in [-0.05, 0) is 17.5 Å². The number of rotatable bonds is 3. The van der Waals surface area contributed by atoms with Gasteiger partial charge < -0.3 is 10.4 Å². The van der Waals surface area contributed by atoms with Gasteiger partial charge in [0.2, 0.25) is 6.41 Å². The predicted octanol–water partition coefficient (Wildman–Crippen LogP) is 0.0749. The summed E-state index contributed by atoms with van der Waals surface area (Å²) in [6.45, 7) is 1.41. The summed E-state index contributed by atoms with van der Waals surface area (Å²) in [4.78, 5) is 12.9. The number of nitrogens with zero attached hydrogens (tertiary/aromatic N) is 1. The lowest BCUT2D eigenvalue weighted by Gasteiger charge is -2.42. The van der Waals surface area contributed by atoms with Crippen LogP contribution in [-0.2, 0) is 11.2 Å². The number of hydrogen-bond acceptors (Lipinski definition) is 3. The van der Waals surface area contributed by atoms with Crippen LogP contribution in [0.5, 0.6) is 0 Å². The molecule has 1 aliphatic heterocycles. The zero-order valence-electron chi connectivity index (χ0n) is 9.54. The van der Waals surface area contributed by atoms with Crippen LogP contribution in [-0.4, -0.2) is 41.7 Å². The number of aliphatic hydroxyl groups is 1. The number of β-amino-alcohol motifs (C(OH)–C–C–N with tert-alkyl or cyclic N) is 1. The lowest BCUT2D eigenvalue weighted by Crippen LogP contribution is -2.55. The molecule has 1 fully saturated rings. The number of aliphatic hydroxyl groups excluding tert-OH is 1. The first kappa shape index (κ1) is 10.7. The fraction of sp³-hybridized carbons (Fsp3) is 0.462. The molecule has 2 aliphatic rings. The molecule has 0 aromatic heterocycles. The first-order valence-electron chi connectivity index (χ1n) is 5.99. The van der Waals surface area contributed by atoms with Crippen molar-refractivity contribution in [2.24, 2.45) is 0 Å². The maximum Gasteiger partial charge on any atom is 0.207 e. The molecule has 3 rings (SSSR count). The highest BCUT2D eigenvalue weighted by Gasteiger charge is 2.40. The molecule has 0 radical (unpaired) electrons. The molecular formula is C13H16N2O2. The van der Waals surface area contributed by atoms with E-state index in [1.54, 1.807) is 0 Å². The van der Waals surface area contributed by atoms with Gasteiger partial charge in [0.15, 0.2) is 0 Å². The average molecular weight is 232 g/mol. The molecular weight excluding hydrogens is 216 g/mol. The molecule has 90 valence electrons. The van der Waals surface area contributed by atoms with Crippen LogP contribution in [0.3, 0.4) is 0 Å². The first-order chi connectivity index (χ1) is 8.29. The molecule has 2 atom stereocenters. The maximum absolute atomic E-state index is 10.7. The van der Waals surface area contributed by atoms with Gasteiger partial charge >= 0.3 is 0 Å². The Balaban J connectivity index is 1.88. The smallest absolute Gasteiger partial charge is 0.207 e. The van der Waals surface area contributed by atoms with E-state index in [2.05, 4.69) is 22.3 Å². The van der Waals surface area contributed by atoms with Crippen molar-refractivity contribution in [1.82, 2.24) is 10.2 Å². The molecule has 4 nitrogen and oxygen atoms in total. The van der Waals surface area contributed by atoms with E-state index in [0.717, 1.165) is 12.8 Å². The minimum absolute atomic E-state index is 0.136. The van der Waals surface area contributed by atoms with E-state index in [9.17, 15) is 9.90 Å². The Morgan fingerprint density at radius 2 is 2.12 bits per heavy atom. The molecule has 1 amide bonds. The quantitative estimate of drug-likeness (QED) is 0.725. The standard InChI is InChI=1S/C13H16N2O2/c16-8-14-12-5-9-3-1-2-4-11(9)13(12)15-6-10(17)7-15/h1-4,8,10,12-13,17H,5-7H2,(H,14,16). The van der Waals surface area contributed by atoms with E-state index >= 15 is 0 Å². The topological polar surface area (TPSA) is 52.6 Å². The SMILES string of the molecule is O=CNC1Cc2ccccc2C1N1CC(O)C1. The minimum atomic E-state index is -0.209. The lowest BCUT2D eigenvalue weighted by molar-refractivity contribution is -0.111. The summed E-state index contributed by atoms with van der Waals surface area (Å²) in [6, 6.07) is 8.66. The van der Waals surface area contributed by atoms with E-state index in [-0.39, 0.29) is 18.2 Å². The van der Waals surface area contributed by atoms with Crippen LogP contribution in [0, 0.1) is 0 Å². The number of amides is 1. The molecule has 1 heterocycles. The van der Waals surface area contributed by atoms with Crippen molar-refractivity contribution in [1.29, 1.82) is 0 Å². The van der Waals surface area contributed by atoms with Crippen molar-refractivity contribution in [3.8, 4) is 0 Å². The van der Waals surface area contributed by atoms with Gasteiger partial charge in [-0.15, -0.1) is 0 Å². The van der Waals surface area contributed by atoms with E-state index in [1.807, 2.05) is 12.1 Å². The third-order valence-corrected chi connectivity index (χ3v) is 3.76. The van der Waals surface area contributed by atoms with Crippen LogP contribution in [0.2, 0.25) is 0 Å². The second-order valence-electron chi connectivity index (χ2n) is 4.85. The van der Waals surface area contributed by atoms with Gasteiger partial charge in [-0.3, -0.25) is 9.69 Å². The highest BCUT2D eigenvalue weighted by molar-refractivity contribution is 5.49. The highest BCUT2D eigenvalue weighted by atomic mass is 16.3. The molecule has 1 aromatic rings. The van der Waals surface area contributed by atoms with Gasteiger partial charge in [0.1, 0.15) is 0 Å². The molecule has 1 aliphatic carbocycles. The van der Waals surface area contributed by atoms with Crippen LogP contribution in [0.25, 0.3) is 0 Å². The van der Waals surface area contributed by atoms with Crippen LogP contribution < -0.4 is 5.32 Å². The third kappa shape index (κ3) is 1.73. The average Bonchev–Trinajstić information content (AvgIpc) is 2.63. The maximum atomic E-state index is 10.7. The van der Waals surface area contributed by atoms with Crippen LogP contribution in [0.1, 0.15) is 17.2 Å². The normalized spacial score (nSPS) is 28.5. The summed E-state index contributed by atoms with van der Waals surface area (Å²) in [5.74, 6) is 0. The van der Waals surface area contributed by atoms with Crippen molar-refractivity contribution >= 4 is 6.41 Å². The van der Waals surface area contributed by atoms with Crippen molar-refractivity contribution < 1.29 is 9.90 Å². The number of fused-ring (bicyclic) bond motifs is 1. The molecule has 0 saturated carbocycles. The van der Waals surface area contributed by atoms with Gasteiger partial charge in [-0.25, -0.2) is 0 Å². The molecule has 1 saturated heterocycles. The second kappa shape index (κ2) is 4.13. The predicted molar refractivity (Wildman–Crippen MR) is 63.5 cm³/mol. The van der Waals surface area contributed by atoms with Gasteiger partial charge in [-0.2, -0.15) is 0 Å². The van der Waals surface area contributed by atoms with E-state index in [4.69, 9.17) is 0 Å². The summed E-state index contributed by atoms with van der Waals surface area (Å²) in [7, 11) is 0. The lowest BCUT2D eigenvalue weighted by atomic mass is 10.00. The van der Waals surface area contributed by atoms with Gasteiger partial charge in [0, 0.05) is 13.1 Å². The van der Waals surface area contributed by atoms with Crippen LogP contribution in [0.4, 0.5) is 0 Å². The zero-order chi connectivity index (χ0) is 11.8. The molecule has 17 heavy (non-hydrogen) atoms.